The fraction of sp³-hybridized carbons (Fsp3) is 0.219. The van der Waals surface area contributed by atoms with Gasteiger partial charge in [-0.3, -0.25) is 4.79 Å². The molecule has 5 rings (SSSR count). The number of amides is 1. The number of esters is 1. The normalized spacial score (nSPS) is 13.3. The standard InChI is InChI=1S/C32H30FN3O6/c1-18-8-9-19(33)15-26(18)41-17-24-21(12-13-25-28(24)35-31(38)32(2,3)36-25)22-11-10-20(16-27(22)39-4)42-30(37)23-7-6-14-34-29(23)40-5/h6-16,36H,17H2,1-5H3,(H,35,38). The quantitative estimate of drug-likeness (QED) is 0.191. The van der Waals surface area contributed by atoms with E-state index in [0.717, 1.165) is 5.56 Å². The molecule has 0 unspecified atom stereocenters. The largest absolute Gasteiger partial charge is 0.496 e. The predicted molar refractivity (Wildman–Crippen MR) is 156 cm³/mol. The Morgan fingerprint density at radius 1 is 0.976 bits per heavy atom. The first-order valence-electron chi connectivity index (χ1n) is 13.2. The van der Waals surface area contributed by atoms with Gasteiger partial charge in [-0.25, -0.2) is 14.2 Å². The summed E-state index contributed by atoms with van der Waals surface area (Å²) in [6, 6.07) is 16.2. The van der Waals surface area contributed by atoms with Crippen molar-refractivity contribution in [2.45, 2.75) is 32.9 Å². The van der Waals surface area contributed by atoms with Crippen molar-refractivity contribution >= 4 is 23.3 Å². The van der Waals surface area contributed by atoms with E-state index in [9.17, 15) is 14.0 Å². The number of nitrogens with one attached hydrogen (secondary N) is 2. The van der Waals surface area contributed by atoms with Gasteiger partial charge in [0.05, 0.1) is 25.6 Å². The number of rotatable bonds is 8. The van der Waals surface area contributed by atoms with Crippen LogP contribution in [-0.4, -0.2) is 36.6 Å². The molecule has 10 heteroatoms. The summed E-state index contributed by atoms with van der Waals surface area (Å²) in [5.41, 5.74) is 3.39. The molecule has 0 radical (unpaired) electrons. The van der Waals surface area contributed by atoms with Crippen LogP contribution >= 0.6 is 0 Å². The lowest BCUT2D eigenvalue weighted by molar-refractivity contribution is -0.119. The van der Waals surface area contributed by atoms with Crippen molar-refractivity contribution in [3.63, 3.8) is 0 Å². The second-order valence-corrected chi connectivity index (χ2v) is 10.2. The third-order valence-corrected chi connectivity index (χ3v) is 6.95. The van der Waals surface area contributed by atoms with Gasteiger partial charge in [0.2, 0.25) is 11.8 Å². The summed E-state index contributed by atoms with van der Waals surface area (Å²) in [5, 5.41) is 6.29. The zero-order chi connectivity index (χ0) is 30.0. The Morgan fingerprint density at radius 2 is 1.76 bits per heavy atom. The number of anilines is 2. The number of nitrogens with zero attached hydrogens (tertiary/aromatic N) is 1. The number of ether oxygens (including phenoxy) is 4. The fourth-order valence-electron chi connectivity index (χ4n) is 4.67. The molecule has 0 aliphatic carbocycles. The number of hydrogen-bond acceptors (Lipinski definition) is 8. The lowest BCUT2D eigenvalue weighted by Crippen LogP contribution is -2.47. The van der Waals surface area contributed by atoms with Crippen molar-refractivity contribution in [3.05, 3.63) is 89.4 Å². The van der Waals surface area contributed by atoms with Gasteiger partial charge in [0.1, 0.15) is 40.8 Å². The molecule has 3 aromatic carbocycles. The highest BCUT2D eigenvalue weighted by Crippen LogP contribution is 2.43. The number of carbonyl (C=O) groups excluding carboxylic acids is 2. The molecular weight excluding hydrogens is 541 g/mol. The predicted octanol–water partition coefficient (Wildman–Crippen LogP) is 6.15. The molecule has 0 saturated heterocycles. The first-order valence-corrected chi connectivity index (χ1v) is 13.2. The number of methoxy groups -OCH3 is 2. The van der Waals surface area contributed by atoms with Crippen LogP contribution < -0.4 is 29.6 Å². The Morgan fingerprint density at radius 3 is 2.52 bits per heavy atom. The van der Waals surface area contributed by atoms with Crippen LogP contribution in [0.1, 0.15) is 35.3 Å². The first kappa shape index (κ1) is 28.4. The van der Waals surface area contributed by atoms with Gasteiger partial charge < -0.3 is 29.6 Å². The van der Waals surface area contributed by atoms with Crippen LogP contribution in [-0.2, 0) is 11.4 Å². The van der Waals surface area contributed by atoms with Crippen LogP contribution in [0.25, 0.3) is 11.1 Å². The SMILES string of the molecule is COc1cc(OC(=O)c2cccnc2OC)ccc1-c1ccc2c(c1COc1cc(F)ccc1C)NC(=O)C(C)(C)N2. The monoisotopic (exact) mass is 571 g/mol. The lowest BCUT2D eigenvalue weighted by atomic mass is 9.92. The third kappa shape index (κ3) is 5.56. The van der Waals surface area contributed by atoms with Gasteiger partial charge in [-0.2, -0.15) is 0 Å². The van der Waals surface area contributed by atoms with Gasteiger partial charge in [-0.05, 0) is 68.3 Å². The molecule has 9 nitrogen and oxygen atoms in total. The molecule has 0 spiro atoms. The molecule has 2 heterocycles. The van der Waals surface area contributed by atoms with Gasteiger partial charge in [0, 0.05) is 29.5 Å². The summed E-state index contributed by atoms with van der Waals surface area (Å²) in [4.78, 5) is 29.8. The highest BCUT2D eigenvalue weighted by Gasteiger charge is 2.35. The van der Waals surface area contributed by atoms with Gasteiger partial charge >= 0.3 is 5.97 Å². The topological polar surface area (TPSA) is 108 Å². The molecule has 2 N–H and O–H groups in total. The van der Waals surface area contributed by atoms with Crippen LogP contribution in [0.5, 0.6) is 23.1 Å². The molecule has 0 fully saturated rings. The maximum Gasteiger partial charge on any atom is 0.349 e. The summed E-state index contributed by atoms with van der Waals surface area (Å²) in [6.07, 6.45) is 1.52. The highest BCUT2D eigenvalue weighted by atomic mass is 19.1. The summed E-state index contributed by atoms with van der Waals surface area (Å²) in [7, 11) is 2.93. The molecule has 0 atom stereocenters. The minimum atomic E-state index is -0.827. The van der Waals surface area contributed by atoms with Crippen LogP contribution in [0, 0.1) is 12.7 Å². The maximum atomic E-state index is 14.0. The summed E-state index contributed by atoms with van der Waals surface area (Å²) >= 11 is 0. The Labute approximate surface area is 242 Å². The van der Waals surface area contributed by atoms with E-state index in [4.69, 9.17) is 18.9 Å². The molecule has 1 aliphatic rings. The molecule has 0 saturated carbocycles. The molecular formula is C32H30FN3O6. The number of fused-ring (bicyclic) bond motifs is 1. The zero-order valence-corrected chi connectivity index (χ0v) is 23.8. The van der Waals surface area contributed by atoms with E-state index < -0.39 is 17.3 Å². The van der Waals surface area contributed by atoms with Crippen molar-refractivity contribution in [1.29, 1.82) is 0 Å². The number of benzene rings is 3. The van der Waals surface area contributed by atoms with Gasteiger partial charge in [0.25, 0.3) is 0 Å². The van der Waals surface area contributed by atoms with Crippen molar-refractivity contribution in [3.8, 4) is 34.3 Å². The third-order valence-electron chi connectivity index (χ3n) is 6.95. The second kappa shape index (κ2) is 11.4. The van der Waals surface area contributed by atoms with Crippen molar-refractivity contribution < 1.29 is 32.9 Å². The summed E-state index contributed by atoms with van der Waals surface area (Å²) in [6.45, 7) is 5.42. The average Bonchev–Trinajstić information content (AvgIpc) is 2.98. The Bertz CT molecular complexity index is 1690. The van der Waals surface area contributed by atoms with E-state index in [2.05, 4.69) is 15.6 Å². The number of halogens is 1. The molecule has 1 aliphatic heterocycles. The zero-order valence-electron chi connectivity index (χ0n) is 23.8. The van der Waals surface area contributed by atoms with Gasteiger partial charge in [-0.15, -0.1) is 0 Å². The smallest absolute Gasteiger partial charge is 0.349 e. The number of carbonyl (C=O) groups is 2. The number of aromatic nitrogens is 1. The van der Waals surface area contributed by atoms with Crippen LogP contribution in [0.15, 0.2) is 66.9 Å². The second-order valence-electron chi connectivity index (χ2n) is 10.2. The number of hydrogen-bond donors (Lipinski definition) is 2. The first-order chi connectivity index (χ1) is 20.1. The van der Waals surface area contributed by atoms with E-state index in [1.54, 1.807) is 50.2 Å². The minimum absolute atomic E-state index is 0.0197. The Balaban J connectivity index is 1.54. The van der Waals surface area contributed by atoms with Crippen LogP contribution in [0.3, 0.4) is 0 Å². The molecule has 216 valence electrons. The van der Waals surface area contributed by atoms with Crippen molar-refractivity contribution in [2.75, 3.05) is 24.9 Å². The maximum absolute atomic E-state index is 14.0. The Hall–Kier alpha value is -5.12. The number of pyridine rings is 1. The van der Waals surface area contributed by atoms with Crippen LogP contribution in [0.2, 0.25) is 0 Å². The van der Waals surface area contributed by atoms with E-state index in [1.807, 2.05) is 19.1 Å². The van der Waals surface area contributed by atoms with E-state index in [1.165, 1.54) is 32.5 Å². The average molecular weight is 572 g/mol. The van der Waals surface area contributed by atoms with E-state index in [-0.39, 0.29) is 29.7 Å². The summed E-state index contributed by atoms with van der Waals surface area (Å²) in [5.74, 6) is -0.0780. The minimum Gasteiger partial charge on any atom is -0.496 e. The lowest BCUT2D eigenvalue weighted by Gasteiger charge is -2.34. The van der Waals surface area contributed by atoms with Crippen molar-refractivity contribution in [2.24, 2.45) is 0 Å². The molecule has 0 bridgehead atoms. The fourth-order valence-corrected chi connectivity index (χ4v) is 4.67. The van der Waals surface area contributed by atoms with Crippen LogP contribution in [0.4, 0.5) is 15.8 Å². The van der Waals surface area contributed by atoms with Gasteiger partial charge in [-0.1, -0.05) is 12.1 Å². The van der Waals surface area contributed by atoms with E-state index >= 15 is 0 Å². The van der Waals surface area contributed by atoms with E-state index in [0.29, 0.717) is 39.6 Å². The highest BCUT2D eigenvalue weighted by molar-refractivity contribution is 6.07. The van der Waals surface area contributed by atoms with Crippen molar-refractivity contribution in [1.82, 2.24) is 4.98 Å². The van der Waals surface area contributed by atoms with Gasteiger partial charge in [0.15, 0.2) is 0 Å². The molecule has 1 amide bonds. The molecule has 42 heavy (non-hydrogen) atoms. The molecule has 1 aromatic heterocycles. The Kier molecular flexibility index (Phi) is 7.71. The summed E-state index contributed by atoms with van der Waals surface area (Å²) < 4.78 is 36.6. The number of aryl methyl sites for hydroxylation is 1. The molecule has 4 aromatic rings.